The second-order valence-corrected chi connectivity index (χ2v) is 8.10. The van der Waals surface area contributed by atoms with Crippen LogP contribution in [0.4, 0.5) is 0 Å². The standard InChI is InChI=1S/C22H32N4O7/c1-13(2)10-17(22(32)33)25-18(27)12-24-21(31)16(11-14-6-4-3-5-7-14)26-20(30)15(23)8-9-19(28)29/h3-7,13,15-17H,8-12,23H2,1-2H3,(H,24,31)(H,25,27)(H,26,30)(H,28,29)(H,32,33). The van der Waals surface area contributed by atoms with Gasteiger partial charge >= 0.3 is 11.9 Å². The van der Waals surface area contributed by atoms with Crippen LogP contribution in [0.15, 0.2) is 30.3 Å². The summed E-state index contributed by atoms with van der Waals surface area (Å²) in [7, 11) is 0. The molecular formula is C22H32N4O7. The number of amides is 3. The number of benzene rings is 1. The van der Waals surface area contributed by atoms with E-state index in [1.807, 2.05) is 13.8 Å². The molecule has 33 heavy (non-hydrogen) atoms. The number of carbonyl (C=O) groups excluding carboxylic acids is 3. The van der Waals surface area contributed by atoms with Crippen LogP contribution in [0.25, 0.3) is 0 Å². The van der Waals surface area contributed by atoms with Crippen molar-refractivity contribution in [3.8, 4) is 0 Å². The Bertz CT molecular complexity index is 829. The number of aliphatic carboxylic acids is 2. The van der Waals surface area contributed by atoms with Crippen molar-refractivity contribution in [2.45, 2.75) is 57.7 Å². The quantitative estimate of drug-likeness (QED) is 0.215. The molecule has 0 fully saturated rings. The Morgan fingerprint density at radius 1 is 0.939 bits per heavy atom. The second-order valence-electron chi connectivity index (χ2n) is 8.10. The minimum absolute atomic E-state index is 0.0387. The number of nitrogens with one attached hydrogen (secondary N) is 3. The summed E-state index contributed by atoms with van der Waals surface area (Å²) in [4.78, 5) is 59.2. The molecule has 0 saturated carbocycles. The molecule has 0 saturated heterocycles. The average molecular weight is 465 g/mol. The predicted molar refractivity (Wildman–Crippen MR) is 119 cm³/mol. The summed E-state index contributed by atoms with van der Waals surface area (Å²) < 4.78 is 0. The Labute approximate surface area is 192 Å². The summed E-state index contributed by atoms with van der Waals surface area (Å²) in [5, 5.41) is 25.2. The van der Waals surface area contributed by atoms with Gasteiger partial charge in [-0.3, -0.25) is 19.2 Å². The first-order valence-electron chi connectivity index (χ1n) is 10.6. The van der Waals surface area contributed by atoms with Crippen LogP contribution in [-0.2, 0) is 30.4 Å². The van der Waals surface area contributed by atoms with Crippen molar-refractivity contribution in [1.82, 2.24) is 16.0 Å². The molecule has 11 nitrogen and oxygen atoms in total. The molecule has 0 bridgehead atoms. The van der Waals surface area contributed by atoms with Gasteiger partial charge in [0.15, 0.2) is 0 Å². The molecule has 7 N–H and O–H groups in total. The lowest BCUT2D eigenvalue weighted by Gasteiger charge is -2.21. The van der Waals surface area contributed by atoms with E-state index in [1.54, 1.807) is 30.3 Å². The van der Waals surface area contributed by atoms with Crippen LogP contribution in [0.3, 0.4) is 0 Å². The van der Waals surface area contributed by atoms with Crippen molar-refractivity contribution in [1.29, 1.82) is 0 Å². The summed E-state index contributed by atoms with van der Waals surface area (Å²) in [6.07, 6.45) is -0.0617. The molecule has 3 atom stereocenters. The van der Waals surface area contributed by atoms with E-state index < -0.39 is 54.3 Å². The van der Waals surface area contributed by atoms with Gasteiger partial charge < -0.3 is 31.9 Å². The summed E-state index contributed by atoms with van der Waals surface area (Å²) in [6, 6.07) is 5.55. The molecule has 0 aromatic heterocycles. The first-order valence-corrected chi connectivity index (χ1v) is 10.6. The topological polar surface area (TPSA) is 188 Å². The second kappa shape index (κ2) is 13.8. The molecule has 0 aliphatic carbocycles. The maximum absolute atomic E-state index is 12.7. The van der Waals surface area contributed by atoms with Crippen LogP contribution in [0.2, 0.25) is 0 Å². The fourth-order valence-corrected chi connectivity index (χ4v) is 2.98. The molecule has 1 aromatic carbocycles. The summed E-state index contributed by atoms with van der Waals surface area (Å²) >= 11 is 0. The normalized spacial score (nSPS) is 13.5. The molecule has 1 rings (SSSR count). The minimum atomic E-state index is -1.17. The van der Waals surface area contributed by atoms with Crippen LogP contribution in [0.5, 0.6) is 0 Å². The zero-order valence-corrected chi connectivity index (χ0v) is 18.7. The lowest BCUT2D eigenvalue weighted by atomic mass is 10.0. The van der Waals surface area contributed by atoms with Gasteiger partial charge in [0.25, 0.3) is 0 Å². The SMILES string of the molecule is CC(C)CC(NC(=O)CNC(=O)C(Cc1ccccc1)NC(=O)C(N)CCC(=O)O)C(=O)O. The highest BCUT2D eigenvalue weighted by molar-refractivity contribution is 5.92. The van der Waals surface area contributed by atoms with Gasteiger partial charge in [-0.1, -0.05) is 44.2 Å². The number of carboxylic acids is 2. The van der Waals surface area contributed by atoms with E-state index in [2.05, 4.69) is 16.0 Å². The monoisotopic (exact) mass is 464 g/mol. The van der Waals surface area contributed by atoms with Crippen molar-refractivity contribution in [3.63, 3.8) is 0 Å². The Morgan fingerprint density at radius 2 is 1.58 bits per heavy atom. The summed E-state index contributed by atoms with van der Waals surface area (Å²) in [5.41, 5.74) is 6.47. The molecule has 0 radical (unpaired) electrons. The van der Waals surface area contributed by atoms with Crippen molar-refractivity contribution in [2.75, 3.05) is 6.54 Å². The maximum atomic E-state index is 12.7. The van der Waals surface area contributed by atoms with E-state index in [4.69, 9.17) is 10.8 Å². The van der Waals surface area contributed by atoms with E-state index in [0.717, 1.165) is 5.56 Å². The van der Waals surface area contributed by atoms with Crippen molar-refractivity contribution >= 4 is 29.7 Å². The van der Waals surface area contributed by atoms with E-state index in [0.29, 0.717) is 0 Å². The molecule has 182 valence electrons. The molecule has 3 unspecified atom stereocenters. The number of carbonyl (C=O) groups is 5. The molecule has 0 aliphatic heterocycles. The number of nitrogens with two attached hydrogens (primary N) is 1. The van der Waals surface area contributed by atoms with Crippen LogP contribution in [0, 0.1) is 5.92 Å². The van der Waals surface area contributed by atoms with Gasteiger partial charge in [-0.15, -0.1) is 0 Å². The van der Waals surface area contributed by atoms with Crippen molar-refractivity contribution in [2.24, 2.45) is 11.7 Å². The fraction of sp³-hybridized carbons (Fsp3) is 0.500. The third kappa shape index (κ3) is 11.1. The van der Waals surface area contributed by atoms with Gasteiger partial charge in [0.05, 0.1) is 12.6 Å². The van der Waals surface area contributed by atoms with Crippen molar-refractivity contribution < 1.29 is 34.2 Å². The van der Waals surface area contributed by atoms with E-state index in [1.165, 1.54) is 0 Å². The first kappa shape index (κ1) is 27.6. The van der Waals surface area contributed by atoms with Gasteiger partial charge in [-0.25, -0.2) is 4.79 Å². The Kier molecular flexibility index (Phi) is 11.6. The highest BCUT2D eigenvalue weighted by Crippen LogP contribution is 2.06. The molecule has 0 spiro atoms. The number of hydrogen-bond acceptors (Lipinski definition) is 6. The van der Waals surface area contributed by atoms with Crippen LogP contribution in [0.1, 0.15) is 38.7 Å². The van der Waals surface area contributed by atoms with Gasteiger partial charge in [-0.05, 0) is 24.3 Å². The Balaban J connectivity index is 2.78. The third-order valence-electron chi connectivity index (χ3n) is 4.69. The van der Waals surface area contributed by atoms with Crippen LogP contribution >= 0.6 is 0 Å². The highest BCUT2D eigenvalue weighted by Gasteiger charge is 2.26. The van der Waals surface area contributed by atoms with Gasteiger partial charge in [0, 0.05) is 12.8 Å². The number of hydrogen-bond donors (Lipinski definition) is 6. The van der Waals surface area contributed by atoms with Gasteiger partial charge in [0.1, 0.15) is 12.1 Å². The smallest absolute Gasteiger partial charge is 0.326 e. The number of carboxylic acid groups (broad SMARTS) is 2. The van der Waals surface area contributed by atoms with Gasteiger partial charge in [0.2, 0.25) is 17.7 Å². The van der Waals surface area contributed by atoms with Crippen LogP contribution in [-0.4, -0.2) is 64.5 Å². The number of rotatable bonds is 14. The minimum Gasteiger partial charge on any atom is -0.481 e. The van der Waals surface area contributed by atoms with E-state index in [9.17, 15) is 29.1 Å². The molecule has 3 amide bonds. The average Bonchev–Trinajstić information content (AvgIpc) is 2.75. The third-order valence-corrected chi connectivity index (χ3v) is 4.69. The fourth-order valence-electron chi connectivity index (χ4n) is 2.98. The molecule has 1 aromatic rings. The van der Waals surface area contributed by atoms with Gasteiger partial charge in [-0.2, -0.15) is 0 Å². The maximum Gasteiger partial charge on any atom is 0.326 e. The zero-order valence-electron chi connectivity index (χ0n) is 18.7. The van der Waals surface area contributed by atoms with E-state index in [-0.39, 0.29) is 31.6 Å². The summed E-state index contributed by atoms with van der Waals surface area (Å²) in [6.45, 7) is 3.16. The first-order chi connectivity index (χ1) is 15.5. The van der Waals surface area contributed by atoms with Crippen molar-refractivity contribution in [3.05, 3.63) is 35.9 Å². The molecular weight excluding hydrogens is 432 g/mol. The predicted octanol–water partition coefficient (Wildman–Crippen LogP) is -0.362. The molecule has 0 aliphatic rings. The molecule has 11 heteroatoms. The largest absolute Gasteiger partial charge is 0.481 e. The Morgan fingerprint density at radius 3 is 2.12 bits per heavy atom. The lowest BCUT2D eigenvalue weighted by Crippen LogP contribution is -2.54. The van der Waals surface area contributed by atoms with Crippen LogP contribution < -0.4 is 21.7 Å². The Hall–Kier alpha value is -3.47. The molecule has 0 heterocycles. The highest BCUT2D eigenvalue weighted by atomic mass is 16.4. The zero-order chi connectivity index (χ0) is 25.0. The van der Waals surface area contributed by atoms with E-state index >= 15 is 0 Å². The lowest BCUT2D eigenvalue weighted by molar-refractivity contribution is -0.142. The summed E-state index contributed by atoms with van der Waals surface area (Å²) in [5.74, 6) is -4.27.